The molecule has 5 nitrogen and oxygen atoms in total. The molecule has 20 heavy (non-hydrogen) atoms. The van der Waals surface area contributed by atoms with Gasteiger partial charge in [-0.2, -0.15) is 0 Å². The summed E-state index contributed by atoms with van der Waals surface area (Å²) in [5.41, 5.74) is 5.28. The number of likely N-dealkylation sites (N-methyl/N-ethyl adjacent to an activating group) is 1. The van der Waals surface area contributed by atoms with Crippen molar-refractivity contribution in [3.8, 4) is 0 Å². The van der Waals surface area contributed by atoms with Crippen LogP contribution in [-0.4, -0.2) is 43.0 Å². The maximum absolute atomic E-state index is 12.3. The van der Waals surface area contributed by atoms with E-state index in [-0.39, 0.29) is 30.4 Å². The Morgan fingerprint density at radius 2 is 1.75 bits per heavy atom. The summed E-state index contributed by atoms with van der Waals surface area (Å²) in [6.45, 7) is 8.16. The van der Waals surface area contributed by atoms with Gasteiger partial charge < -0.3 is 15.4 Å². The molecule has 0 aromatic rings. The van der Waals surface area contributed by atoms with E-state index in [1.807, 2.05) is 13.8 Å². The lowest BCUT2D eigenvalue weighted by Crippen LogP contribution is -2.50. The van der Waals surface area contributed by atoms with Crippen molar-refractivity contribution in [2.75, 3.05) is 14.2 Å². The van der Waals surface area contributed by atoms with E-state index in [0.717, 1.165) is 6.42 Å². The molecule has 118 valence electrons. The largest absolute Gasteiger partial charge is 0.379 e. The summed E-state index contributed by atoms with van der Waals surface area (Å²) in [6, 6.07) is -0.135. The van der Waals surface area contributed by atoms with Crippen molar-refractivity contribution in [3.05, 3.63) is 0 Å². The van der Waals surface area contributed by atoms with Gasteiger partial charge in [0.2, 0.25) is 11.8 Å². The Labute approximate surface area is 122 Å². The predicted octanol–water partition coefficient (Wildman–Crippen LogP) is 1.80. The molecule has 0 aliphatic carbocycles. The van der Waals surface area contributed by atoms with E-state index >= 15 is 0 Å². The molecule has 0 fully saturated rings. The van der Waals surface area contributed by atoms with Crippen LogP contribution in [-0.2, 0) is 14.3 Å². The van der Waals surface area contributed by atoms with Crippen LogP contribution in [0, 0.1) is 11.8 Å². The van der Waals surface area contributed by atoms with Gasteiger partial charge in [0, 0.05) is 20.6 Å². The highest BCUT2D eigenvalue weighted by molar-refractivity contribution is 5.77. The highest BCUT2D eigenvalue weighted by Crippen LogP contribution is 2.22. The van der Waals surface area contributed by atoms with Crippen LogP contribution in [0.3, 0.4) is 0 Å². The third kappa shape index (κ3) is 5.90. The number of nitrogens with two attached hydrogens (primary N) is 1. The van der Waals surface area contributed by atoms with Crippen LogP contribution in [0.4, 0.5) is 0 Å². The molecule has 0 saturated heterocycles. The van der Waals surface area contributed by atoms with E-state index in [0.29, 0.717) is 12.3 Å². The number of ether oxygens (including phenoxy) is 1. The zero-order valence-corrected chi connectivity index (χ0v) is 13.7. The lowest BCUT2D eigenvalue weighted by atomic mass is 9.90. The van der Waals surface area contributed by atoms with Gasteiger partial charge in [-0.15, -0.1) is 0 Å². The van der Waals surface area contributed by atoms with E-state index in [1.54, 1.807) is 19.1 Å². The third-order valence-electron chi connectivity index (χ3n) is 3.74. The van der Waals surface area contributed by atoms with Crippen molar-refractivity contribution in [1.29, 1.82) is 0 Å². The van der Waals surface area contributed by atoms with Gasteiger partial charge in [0.25, 0.3) is 0 Å². The molecule has 0 spiro atoms. The van der Waals surface area contributed by atoms with Crippen molar-refractivity contribution < 1.29 is 14.3 Å². The normalized spacial score (nSPS) is 15.8. The summed E-state index contributed by atoms with van der Waals surface area (Å²) in [5, 5.41) is 0. The maximum Gasteiger partial charge on any atom is 0.222 e. The smallest absolute Gasteiger partial charge is 0.222 e. The standard InChI is InChI=1S/C15H30N2O3/c1-7-11(4)15(12(20-6)9-13(16)18)17(5)14(19)8-10(2)3/h10-12,15H,7-9H2,1-6H3,(H2,16,18)/t11?,12-,15+/m1/s1. The monoisotopic (exact) mass is 286 g/mol. The fourth-order valence-electron chi connectivity index (χ4n) is 2.44. The molecule has 0 aromatic carbocycles. The molecule has 2 amide bonds. The molecule has 2 N–H and O–H groups in total. The number of methoxy groups -OCH3 is 1. The Kier molecular flexibility index (Phi) is 8.46. The Bertz CT molecular complexity index is 318. The minimum atomic E-state index is -0.408. The van der Waals surface area contributed by atoms with Crippen LogP contribution in [0.2, 0.25) is 0 Å². The molecule has 5 heteroatoms. The summed E-state index contributed by atoms with van der Waals surface area (Å²) < 4.78 is 5.43. The molecule has 0 radical (unpaired) electrons. The first-order chi connectivity index (χ1) is 9.24. The van der Waals surface area contributed by atoms with E-state index in [1.165, 1.54) is 0 Å². The Morgan fingerprint density at radius 1 is 1.20 bits per heavy atom. The zero-order chi connectivity index (χ0) is 15.9. The first kappa shape index (κ1) is 18.9. The van der Waals surface area contributed by atoms with Gasteiger partial charge in [-0.25, -0.2) is 0 Å². The van der Waals surface area contributed by atoms with E-state index in [4.69, 9.17) is 10.5 Å². The van der Waals surface area contributed by atoms with Gasteiger partial charge in [-0.3, -0.25) is 9.59 Å². The number of carbonyl (C=O) groups excluding carboxylic acids is 2. The molecule has 0 saturated carbocycles. The molecule has 1 unspecified atom stereocenters. The predicted molar refractivity (Wildman–Crippen MR) is 80.1 cm³/mol. The maximum atomic E-state index is 12.3. The summed E-state index contributed by atoms with van der Waals surface area (Å²) in [7, 11) is 3.35. The second kappa shape index (κ2) is 8.95. The highest BCUT2D eigenvalue weighted by atomic mass is 16.5. The van der Waals surface area contributed by atoms with Crippen molar-refractivity contribution in [2.24, 2.45) is 17.6 Å². The zero-order valence-electron chi connectivity index (χ0n) is 13.7. The van der Waals surface area contributed by atoms with E-state index in [2.05, 4.69) is 13.8 Å². The molecule has 0 bridgehead atoms. The third-order valence-corrected chi connectivity index (χ3v) is 3.74. The number of amides is 2. The molecule has 0 heterocycles. The first-order valence-corrected chi connectivity index (χ1v) is 7.31. The van der Waals surface area contributed by atoms with Crippen LogP contribution in [0.5, 0.6) is 0 Å². The van der Waals surface area contributed by atoms with Crippen molar-refractivity contribution in [2.45, 2.75) is 59.1 Å². The fraction of sp³-hybridized carbons (Fsp3) is 0.867. The van der Waals surface area contributed by atoms with Crippen molar-refractivity contribution in [3.63, 3.8) is 0 Å². The number of rotatable bonds is 9. The second-order valence-electron chi connectivity index (χ2n) is 5.92. The molecule has 0 aromatic heterocycles. The minimum absolute atomic E-state index is 0.0804. The molecule has 0 rings (SSSR count). The minimum Gasteiger partial charge on any atom is -0.379 e. The lowest BCUT2D eigenvalue weighted by molar-refractivity contribution is -0.139. The van der Waals surface area contributed by atoms with Gasteiger partial charge in [-0.1, -0.05) is 34.1 Å². The van der Waals surface area contributed by atoms with Gasteiger partial charge in [0.15, 0.2) is 0 Å². The average molecular weight is 286 g/mol. The van der Waals surface area contributed by atoms with Crippen molar-refractivity contribution >= 4 is 11.8 Å². The topological polar surface area (TPSA) is 72.6 Å². The summed E-state index contributed by atoms with van der Waals surface area (Å²) in [5.74, 6) is 0.215. The Morgan fingerprint density at radius 3 is 2.10 bits per heavy atom. The fourth-order valence-corrected chi connectivity index (χ4v) is 2.44. The first-order valence-electron chi connectivity index (χ1n) is 7.31. The van der Waals surface area contributed by atoms with Crippen LogP contribution >= 0.6 is 0 Å². The molecular formula is C15H30N2O3. The van der Waals surface area contributed by atoms with Gasteiger partial charge in [0.1, 0.15) is 0 Å². The van der Waals surface area contributed by atoms with Crippen LogP contribution in [0.25, 0.3) is 0 Å². The van der Waals surface area contributed by atoms with Gasteiger partial charge >= 0.3 is 0 Å². The van der Waals surface area contributed by atoms with E-state index in [9.17, 15) is 9.59 Å². The summed E-state index contributed by atoms with van der Waals surface area (Å²) in [6.07, 6.45) is 1.17. The van der Waals surface area contributed by atoms with Gasteiger partial charge in [-0.05, 0) is 11.8 Å². The Balaban J connectivity index is 5.11. The number of carbonyl (C=O) groups is 2. The molecular weight excluding hydrogens is 256 g/mol. The Hall–Kier alpha value is -1.10. The van der Waals surface area contributed by atoms with Crippen LogP contribution < -0.4 is 5.73 Å². The van der Waals surface area contributed by atoms with E-state index < -0.39 is 5.91 Å². The number of primary amides is 1. The molecule has 0 aliphatic rings. The number of hydrogen-bond acceptors (Lipinski definition) is 3. The van der Waals surface area contributed by atoms with Crippen LogP contribution in [0.15, 0.2) is 0 Å². The van der Waals surface area contributed by atoms with Crippen molar-refractivity contribution in [1.82, 2.24) is 4.90 Å². The lowest BCUT2D eigenvalue weighted by Gasteiger charge is -2.37. The molecule has 0 aliphatic heterocycles. The van der Waals surface area contributed by atoms with Gasteiger partial charge in [0.05, 0.1) is 18.6 Å². The quantitative estimate of drug-likeness (QED) is 0.702. The van der Waals surface area contributed by atoms with Crippen LogP contribution in [0.1, 0.15) is 47.0 Å². The molecule has 3 atom stereocenters. The summed E-state index contributed by atoms with van der Waals surface area (Å²) >= 11 is 0. The number of nitrogens with zero attached hydrogens (tertiary/aromatic N) is 1. The second-order valence-corrected chi connectivity index (χ2v) is 5.92. The average Bonchev–Trinajstić information content (AvgIpc) is 2.35. The SMILES string of the molecule is CCC(C)[C@@H]([C@@H](CC(N)=O)OC)N(C)C(=O)CC(C)C. The number of hydrogen-bond donors (Lipinski definition) is 1. The summed E-state index contributed by atoms with van der Waals surface area (Å²) in [4.78, 5) is 25.2. The highest BCUT2D eigenvalue weighted by Gasteiger charge is 2.33.